The first-order valence-electron chi connectivity index (χ1n) is 6.53. The molecule has 2 rings (SSSR count). The number of nitrogens with one attached hydrogen (secondary N) is 1. The number of aromatic nitrogens is 1. The summed E-state index contributed by atoms with van der Waals surface area (Å²) in [6, 6.07) is 10.3. The van der Waals surface area contributed by atoms with Crippen LogP contribution in [0.15, 0.2) is 36.4 Å². The molecule has 0 aliphatic carbocycles. The van der Waals surface area contributed by atoms with Gasteiger partial charge in [-0.2, -0.15) is 0 Å². The van der Waals surface area contributed by atoms with Crippen molar-refractivity contribution in [2.45, 2.75) is 6.54 Å². The van der Waals surface area contributed by atoms with Gasteiger partial charge in [-0.15, -0.1) is 0 Å². The zero-order chi connectivity index (χ0) is 15.9. The molecule has 116 valence electrons. The van der Waals surface area contributed by atoms with Crippen LogP contribution >= 0.6 is 23.2 Å². The van der Waals surface area contributed by atoms with Crippen molar-refractivity contribution in [1.29, 1.82) is 0 Å². The van der Waals surface area contributed by atoms with Gasteiger partial charge >= 0.3 is 0 Å². The highest BCUT2D eigenvalue weighted by Crippen LogP contribution is 2.19. The van der Waals surface area contributed by atoms with E-state index in [0.717, 1.165) is 5.56 Å². The van der Waals surface area contributed by atoms with Crippen LogP contribution in [0.4, 0.5) is 0 Å². The topological polar surface area (TPSA) is 71.5 Å². The van der Waals surface area contributed by atoms with Crippen LogP contribution in [0, 0.1) is 0 Å². The fraction of sp³-hybridized carbons (Fsp3) is 0.200. The molecule has 1 heterocycles. The number of benzene rings is 1. The van der Waals surface area contributed by atoms with Crippen molar-refractivity contribution in [1.82, 2.24) is 10.3 Å². The number of halogens is 2. The summed E-state index contributed by atoms with van der Waals surface area (Å²) in [6.45, 7) is 0.348. The molecule has 0 radical (unpaired) electrons. The van der Waals surface area contributed by atoms with Crippen molar-refractivity contribution in [3.63, 3.8) is 0 Å². The molecule has 22 heavy (non-hydrogen) atoms. The molecule has 0 aliphatic heterocycles. The van der Waals surface area contributed by atoms with E-state index in [0.29, 0.717) is 5.75 Å². The number of aliphatic hydroxyl groups excluding tert-OH is 1. The minimum absolute atomic E-state index is 0.0722. The average molecular weight is 341 g/mol. The fourth-order valence-corrected chi connectivity index (χ4v) is 2.12. The third-order valence-electron chi connectivity index (χ3n) is 2.79. The molecule has 1 aromatic heterocycles. The first-order valence-corrected chi connectivity index (χ1v) is 7.29. The van der Waals surface area contributed by atoms with E-state index in [9.17, 15) is 4.79 Å². The van der Waals surface area contributed by atoms with Crippen molar-refractivity contribution in [2.75, 3.05) is 13.2 Å². The molecule has 7 heteroatoms. The Bertz CT molecular complexity index is 665. The SMILES string of the molecule is O=C(NCc1ccccc1OCCO)c1nc(Cl)ccc1Cl. The van der Waals surface area contributed by atoms with Gasteiger partial charge in [0.15, 0.2) is 0 Å². The molecule has 1 aromatic carbocycles. The molecular weight excluding hydrogens is 327 g/mol. The molecule has 0 aliphatic rings. The number of para-hydroxylation sites is 1. The van der Waals surface area contributed by atoms with Gasteiger partial charge in [0, 0.05) is 12.1 Å². The largest absolute Gasteiger partial charge is 0.491 e. The van der Waals surface area contributed by atoms with Crippen LogP contribution in [0.5, 0.6) is 5.75 Å². The summed E-state index contributed by atoms with van der Waals surface area (Å²) in [5.41, 5.74) is 0.852. The van der Waals surface area contributed by atoms with E-state index in [1.165, 1.54) is 12.1 Å². The second-order valence-corrected chi connectivity index (χ2v) is 5.12. The molecule has 0 fully saturated rings. The fourth-order valence-electron chi connectivity index (χ4n) is 1.78. The Morgan fingerprint density at radius 2 is 2.00 bits per heavy atom. The lowest BCUT2D eigenvalue weighted by Crippen LogP contribution is -2.24. The number of hydrogen-bond donors (Lipinski definition) is 2. The molecule has 2 N–H and O–H groups in total. The lowest BCUT2D eigenvalue weighted by molar-refractivity contribution is 0.0945. The second-order valence-electron chi connectivity index (χ2n) is 4.33. The number of pyridine rings is 1. The van der Waals surface area contributed by atoms with Crippen LogP contribution in [0.1, 0.15) is 16.1 Å². The number of hydrogen-bond acceptors (Lipinski definition) is 4. The Balaban J connectivity index is 2.06. The quantitative estimate of drug-likeness (QED) is 0.793. The molecule has 0 saturated carbocycles. The van der Waals surface area contributed by atoms with Gasteiger partial charge in [-0.25, -0.2) is 4.98 Å². The molecule has 0 spiro atoms. The van der Waals surface area contributed by atoms with Crippen LogP contribution < -0.4 is 10.1 Å². The normalized spacial score (nSPS) is 10.3. The van der Waals surface area contributed by atoms with Crippen molar-refractivity contribution in [2.24, 2.45) is 0 Å². The van der Waals surface area contributed by atoms with Crippen molar-refractivity contribution in [3.8, 4) is 5.75 Å². The lowest BCUT2D eigenvalue weighted by atomic mass is 10.2. The third-order valence-corrected chi connectivity index (χ3v) is 3.30. The Kier molecular flexibility index (Phi) is 6.00. The number of aliphatic hydroxyl groups is 1. The minimum atomic E-state index is -0.426. The maximum atomic E-state index is 12.1. The van der Waals surface area contributed by atoms with Crippen LogP contribution in [0.2, 0.25) is 10.2 Å². The molecule has 1 amide bonds. The molecular formula is C15H14Cl2N2O3. The summed E-state index contributed by atoms with van der Waals surface area (Å²) in [7, 11) is 0. The number of rotatable bonds is 6. The molecule has 0 unspecified atom stereocenters. The van der Waals surface area contributed by atoms with E-state index in [1.807, 2.05) is 18.2 Å². The molecule has 5 nitrogen and oxygen atoms in total. The van der Waals surface area contributed by atoms with E-state index in [-0.39, 0.29) is 35.6 Å². The van der Waals surface area contributed by atoms with Gasteiger partial charge < -0.3 is 15.2 Å². The Labute approximate surface area is 137 Å². The zero-order valence-electron chi connectivity index (χ0n) is 11.6. The van der Waals surface area contributed by atoms with Crippen LogP contribution in [0.25, 0.3) is 0 Å². The molecule has 0 bridgehead atoms. The number of nitrogens with zero attached hydrogens (tertiary/aromatic N) is 1. The van der Waals surface area contributed by atoms with Gasteiger partial charge in [-0.05, 0) is 18.2 Å². The highest BCUT2D eigenvalue weighted by molar-refractivity contribution is 6.34. The van der Waals surface area contributed by atoms with E-state index >= 15 is 0 Å². The highest BCUT2D eigenvalue weighted by atomic mass is 35.5. The summed E-state index contributed by atoms with van der Waals surface area (Å²) < 4.78 is 5.40. The first-order chi connectivity index (χ1) is 10.6. The predicted octanol–water partition coefficient (Wildman–Crippen LogP) is 2.69. The average Bonchev–Trinajstić information content (AvgIpc) is 2.53. The Morgan fingerprint density at radius 3 is 2.77 bits per heavy atom. The van der Waals surface area contributed by atoms with Crippen LogP contribution in [-0.4, -0.2) is 29.2 Å². The van der Waals surface area contributed by atoms with Gasteiger partial charge in [-0.3, -0.25) is 4.79 Å². The van der Waals surface area contributed by atoms with Crippen LogP contribution in [0.3, 0.4) is 0 Å². The van der Waals surface area contributed by atoms with Gasteiger partial charge in [0.2, 0.25) is 0 Å². The van der Waals surface area contributed by atoms with E-state index in [2.05, 4.69) is 10.3 Å². The number of ether oxygens (including phenoxy) is 1. The van der Waals surface area contributed by atoms with Gasteiger partial charge in [0.05, 0.1) is 11.6 Å². The smallest absolute Gasteiger partial charge is 0.271 e. The maximum Gasteiger partial charge on any atom is 0.271 e. The number of amides is 1. The lowest BCUT2D eigenvalue weighted by Gasteiger charge is -2.11. The van der Waals surface area contributed by atoms with Gasteiger partial charge in [0.25, 0.3) is 5.91 Å². The Hall–Kier alpha value is -1.82. The molecule has 0 atom stereocenters. The summed E-state index contributed by atoms with van der Waals surface area (Å²) in [5, 5.41) is 11.9. The van der Waals surface area contributed by atoms with E-state index in [4.69, 9.17) is 33.0 Å². The second kappa shape index (κ2) is 7.98. The van der Waals surface area contributed by atoms with Gasteiger partial charge in [-0.1, -0.05) is 41.4 Å². The monoisotopic (exact) mass is 340 g/mol. The van der Waals surface area contributed by atoms with Crippen molar-refractivity contribution >= 4 is 29.1 Å². The third kappa shape index (κ3) is 4.34. The van der Waals surface area contributed by atoms with Gasteiger partial charge in [0.1, 0.15) is 23.2 Å². The van der Waals surface area contributed by atoms with Crippen molar-refractivity contribution in [3.05, 3.63) is 57.8 Å². The van der Waals surface area contributed by atoms with E-state index < -0.39 is 5.91 Å². The van der Waals surface area contributed by atoms with E-state index in [1.54, 1.807) is 6.07 Å². The summed E-state index contributed by atoms with van der Waals surface area (Å²) in [4.78, 5) is 16.0. The number of carbonyl (C=O) groups is 1. The van der Waals surface area contributed by atoms with Crippen molar-refractivity contribution < 1.29 is 14.6 Å². The van der Waals surface area contributed by atoms with Crippen LogP contribution in [-0.2, 0) is 6.54 Å². The zero-order valence-corrected chi connectivity index (χ0v) is 13.1. The molecule has 2 aromatic rings. The standard InChI is InChI=1S/C15H14Cl2N2O3/c16-11-5-6-13(17)19-14(11)15(21)18-9-10-3-1-2-4-12(10)22-8-7-20/h1-6,20H,7-9H2,(H,18,21). The number of carbonyl (C=O) groups excluding carboxylic acids is 1. The molecule has 0 saturated heterocycles. The maximum absolute atomic E-state index is 12.1. The predicted molar refractivity (Wildman–Crippen MR) is 84.5 cm³/mol. The first kappa shape index (κ1) is 16.5. The minimum Gasteiger partial charge on any atom is -0.491 e. The Morgan fingerprint density at radius 1 is 1.23 bits per heavy atom. The summed E-state index contributed by atoms with van der Waals surface area (Å²) in [5.74, 6) is 0.173. The summed E-state index contributed by atoms with van der Waals surface area (Å²) in [6.07, 6.45) is 0. The highest BCUT2D eigenvalue weighted by Gasteiger charge is 2.13. The summed E-state index contributed by atoms with van der Waals surface area (Å²) >= 11 is 11.7.